The van der Waals surface area contributed by atoms with Crippen molar-refractivity contribution in [1.82, 2.24) is 9.78 Å². The molecule has 3 nitrogen and oxygen atoms in total. The zero-order valence-corrected chi connectivity index (χ0v) is 10.6. The minimum Gasteiger partial charge on any atom is -0.325 e. The van der Waals surface area contributed by atoms with Crippen molar-refractivity contribution in [2.75, 3.05) is 0 Å². The fraction of sp³-hybridized carbons (Fsp3) is 0.786. The Morgan fingerprint density at radius 3 is 2.53 bits per heavy atom. The van der Waals surface area contributed by atoms with Crippen LogP contribution in [0.15, 0.2) is 0 Å². The molecule has 2 N–H and O–H groups in total. The van der Waals surface area contributed by atoms with Crippen molar-refractivity contribution in [3.05, 3.63) is 17.0 Å². The summed E-state index contributed by atoms with van der Waals surface area (Å²) in [5.41, 5.74) is 10.1. The lowest BCUT2D eigenvalue weighted by molar-refractivity contribution is 0.390. The van der Waals surface area contributed by atoms with Crippen molar-refractivity contribution >= 4 is 0 Å². The molecule has 0 radical (unpaired) electrons. The maximum atomic E-state index is 5.95. The van der Waals surface area contributed by atoms with E-state index in [1.165, 1.54) is 74.7 Å². The zero-order chi connectivity index (χ0) is 11.7. The predicted molar refractivity (Wildman–Crippen MR) is 68.9 cm³/mol. The number of nitrogens with two attached hydrogens (primary N) is 1. The van der Waals surface area contributed by atoms with Crippen LogP contribution in [0, 0.1) is 0 Å². The van der Waals surface area contributed by atoms with E-state index in [0.29, 0.717) is 12.6 Å². The monoisotopic (exact) mass is 233 g/mol. The lowest BCUT2D eigenvalue weighted by Gasteiger charge is -2.18. The van der Waals surface area contributed by atoms with Crippen LogP contribution in [0.25, 0.3) is 0 Å². The first-order chi connectivity index (χ1) is 8.40. The van der Waals surface area contributed by atoms with Gasteiger partial charge in [-0.15, -0.1) is 0 Å². The van der Waals surface area contributed by atoms with Gasteiger partial charge in [-0.05, 0) is 37.7 Å². The van der Waals surface area contributed by atoms with Gasteiger partial charge in [0.25, 0.3) is 0 Å². The Balaban J connectivity index is 1.91. The summed E-state index contributed by atoms with van der Waals surface area (Å²) in [6.45, 7) is 0.666. The second kappa shape index (κ2) is 4.81. The molecule has 1 fully saturated rings. The topological polar surface area (TPSA) is 43.8 Å². The molecule has 1 heterocycles. The van der Waals surface area contributed by atoms with E-state index in [4.69, 9.17) is 10.8 Å². The molecule has 1 aromatic heterocycles. The zero-order valence-electron chi connectivity index (χ0n) is 10.6. The van der Waals surface area contributed by atoms with Gasteiger partial charge in [-0.25, -0.2) is 0 Å². The fourth-order valence-electron chi connectivity index (χ4n) is 3.50. The Morgan fingerprint density at radius 2 is 1.82 bits per heavy atom. The van der Waals surface area contributed by atoms with E-state index < -0.39 is 0 Å². The summed E-state index contributed by atoms with van der Waals surface area (Å²) >= 11 is 0. The third kappa shape index (κ3) is 2.01. The average Bonchev–Trinajstić information content (AvgIpc) is 2.80. The molecule has 1 aromatic rings. The Morgan fingerprint density at radius 1 is 1.06 bits per heavy atom. The standard InChI is InChI=1S/C14H23N3/c15-10-14-12-8-5-9-13(12)16-17(14)11-6-3-1-2-4-7-11/h11H,1-10,15H2. The highest BCUT2D eigenvalue weighted by atomic mass is 15.3. The summed E-state index contributed by atoms with van der Waals surface area (Å²) in [7, 11) is 0. The molecule has 2 aliphatic rings. The molecule has 0 aromatic carbocycles. The first-order valence-electron chi connectivity index (χ1n) is 7.19. The van der Waals surface area contributed by atoms with Gasteiger partial charge < -0.3 is 5.73 Å². The quantitative estimate of drug-likeness (QED) is 0.798. The van der Waals surface area contributed by atoms with E-state index in [-0.39, 0.29) is 0 Å². The third-order valence-corrected chi connectivity index (χ3v) is 4.41. The van der Waals surface area contributed by atoms with Gasteiger partial charge in [0.05, 0.1) is 17.4 Å². The van der Waals surface area contributed by atoms with Gasteiger partial charge >= 0.3 is 0 Å². The average molecular weight is 233 g/mol. The first-order valence-corrected chi connectivity index (χ1v) is 7.19. The second-order valence-electron chi connectivity index (χ2n) is 5.52. The highest BCUT2D eigenvalue weighted by molar-refractivity contribution is 5.30. The molecule has 0 amide bonds. The number of hydrogen-bond donors (Lipinski definition) is 1. The second-order valence-corrected chi connectivity index (χ2v) is 5.52. The van der Waals surface area contributed by atoms with E-state index in [1.54, 1.807) is 0 Å². The Kier molecular flexibility index (Phi) is 3.19. The van der Waals surface area contributed by atoms with E-state index in [9.17, 15) is 0 Å². The van der Waals surface area contributed by atoms with Crippen LogP contribution in [0.3, 0.4) is 0 Å². The van der Waals surface area contributed by atoms with Gasteiger partial charge in [0.2, 0.25) is 0 Å². The smallest absolute Gasteiger partial charge is 0.0660 e. The third-order valence-electron chi connectivity index (χ3n) is 4.41. The number of hydrogen-bond acceptors (Lipinski definition) is 2. The summed E-state index contributed by atoms with van der Waals surface area (Å²) < 4.78 is 2.30. The molecule has 94 valence electrons. The van der Waals surface area contributed by atoms with Crippen LogP contribution < -0.4 is 5.73 Å². The maximum Gasteiger partial charge on any atom is 0.0660 e. The van der Waals surface area contributed by atoms with Gasteiger partial charge in [-0.1, -0.05) is 25.7 Å². The molecule has 0 saturated heterocycles. The van der Waals surface area contributed by atoms with Crippen molar-refractivity contribution in [1.29, 1.82) is 0 Å². The van der Waals surface area contributed by atoms with Gasteiger partial charge in [-0.3, -0.25) is 4.68 Å². The minimum atomic E-state index is 0.627. The summed E-state index contributed by atoms with van der Waals surface area (Å²) in [6, 6.07) is 0.627. The normalized spacial score (nSPS) is 21.5. The van der Waals surface area contributed by atoms with Crippen LogP contribution >= 0.6 is 0 Å². The number of aromatic nitrogens is 2. The highest BCUT2D eigenvalue weighted by Crippen LogP contribution is 2.32. The number of rotatable bonds is 2. The van der Waals surface area contributed by atoms with Crippen LogP contribution in [0.2, 0.25) is 0 Å². The molecule has 2 aliphatic carbocycles. The van der Waals surface area contributed by atoms with Crippen molar-refractivity contribution < 1.29 is 0 Å². The van der Waals surface area contributed by atoms with E-state index in [1.807, 2.05) is 0 Å². The molecular formula is C14H23N3. The van der Waals surface area contributed by atoms with Crippen LogP contribution in [-0.4, -0.2) is 9.78 Å². The molecule has 17 heavy (non-hydrogen) atoms. The summed E-state index contributed by atoms with van der Waals surface area (Å²) in [4.78, 5) is 0. The van der Waals surface area contributed by atoms with Crippen LogP contribution in [0.4, 0.5) is 0 Å². The molecule has 1 saturated carbocycles. The number of aryl methyl sites for hydroxylation is 1. The largest absolute Gasteiger partial charge is 0.325 e. The Hall–Kier alpha value is -0.830. The van der Waals surface area contributed by atoms with Gasteiger partial charge in [0.15, 0.2) is 0 Å². The summed E-state index contributed by atoms with van der Waals surface area (Å²) in [6.07, 6.45) is 11.8. The molecular weight excluding hydrogens is 210 g/mol. The molecule has 0 aliphatic heterocycles. The summed E-state index contributed by atoms with van der Waals surface area (Å²) in [5.74, 6) is 0. The minimum absolute atomic E-state index is 0.627. The molecule has 0 spiro atoms. The van der Waals surface area contributed by atoms with E-state index in [0.717, 1.165) is 0 Å². The predicted octanol–water partition coefficient (Wildman–Crippen LogP) is 2.73. The van der Waals surface area contributed by atoms with Crippen LogP contribution in [-0.2, 0) is 19.4 Å². The number of fused-ring (bicyclic) bond motifs is 1. The fourth-order valence-corrected chi connectivity index (χ4v) is 3.50. The molecule has 0 unspecified atom stereocenters. The molecule has 0 bridgehead atoms. The van der Waals surface area contributed by atoms with E-state index >= 15 is 0 Å². The van der Waals surface area contributed by atoms with E-state index in [2.05, 4.69) is 4.68 Å². The first kappa shape index (κ1) is 11.3. The SMILES string of the molecule is NCc1c2c(nn1C1CCCCCC1)CCC2. The molecule has 3 heteroatoms. The van der Waals surface area contributed by atoms with Crippen molar-refractivity contribution in [2.24, 2.45) is 5.73 Å². The lowest BCUT2D eigenvalue weighted by Crippen LogP contribution is -2.16. The van der Waals surface area contributed by atoms with Crippen molar-refractivity contribution in [2.45, 2.75) is 70.4 Å². The van der Waals surface area contributed by atoms with Crippen molar-refractivity contribution in [3.63, 3.8) is 0 Å². The number of nitrogens with zero attached hydrogens (tertiary/aromatic N) is 2. The van der Waals surface area contributed by atoms with Crippen LogP contribution in [0.1, 0.15) is 67.9 Å². The lowest BCUT2D eigenvalue weighted by atomic mass is 10.1. The van der Waals surface area contributed by atoms with Gasteiger partial charge in [0.1, 0.15) is 0 Å². The van der Waals surface area contributed by atoms with Crippen molar-refractivity contribution in [3.8, 4) is 0 Å². The van der Waals surface area contributed by atoms with Gasteiger partial charge in [0, 0.05) is 6.54 Å². The molecule has 3 rings (SSSR count). The van der Waals surface area contributed by atoms with Crippen LogP contribution in [0.5, 0.6) is 0 Å². The van der Waals surface area contributed by atoms with Gasteiger partial charge in [-0.2, -0.15) is 5.10 Å². The summed E-state index contributed by atoms with van der Waals surface area (Å²) in [5, 5.41) is 4.86. The maximum absolute atomic E-state index is 5.95. The highest BCUT2D eigenvalue weighted by Gasteiger charge is 2.25. The Labute approximate surface area is 103 Å². The molecule has 0 atom stereocenters. The Bertz CT molecular complexity index is 386.